The highest BCUT2D eigenvalue weighted by Gasteiger charge is 2.20. The molecule has 0 aliphatic rings. The van der Waals surface area contributed by atoms with E-state index in [0.717, 1.165) is 11.0 Å². The summed E-state index contributed by atoms with van der Waals surface area (Å²) >= 11 is 0. The van der Waals surface area contributed by atoms with Gasteiger partial charge >= 0.3 is 11.8 Å². The first-order valence-electron chi connectivity index (χ1n) is 4.22. The van der Waals surface area contributed by atoms with Crippen molar-refractivity contribution < 1.29 is 19.6 Å². The van der Waals surface area contributed by atoms with E-state index in [0.29, 0.717) is 0 Å². The first kappa shape index (κ1) is 11.7. The molecule has 86 valence electrons. The molecule has 1 aromatic rings. The number of likely N-dealkylation sites (N-methyl/N-ethyl adjacent to an activating group) is 1. The second-order valence-electron chi connectivity index (χ2n) is 3.07. The third-order valence-corrected chi connectivity index (χ3v) is 1.82. The van der Waals surface area contributed by atoms with Crippen LogP contribution in [0.15, 0.2) is 12.1 Å². The summed E-state index contributed by atoms with van der Waals surface area (Å²) in [4.78, 5) is 34.8. The average molecular weight is 227 g/mol. The quantitative estimate of drug-likeness (QED) is 0.558. The Balaban J connectivity index is 2.80. The topological polar surface area (TPSA) is 117 Å². The summed E-state index contributed by atoms with van der Waals surface area (Å²) < 4.78 is 0. The number of carbonyl (C=O) groups is 2. The van der Waals surface area contributed by atoms with Crippen LogP contribution in [0.2, 0.25) is 0 Å². The highest BCUT2D eigenvalue weighted by atomic mass is 16.6. The minimum atomic E-state index is -1.16. The number of nitrogens with zero attached hydrogens (tertiary/aromatic N) is 2. The summed E-state index contributed by atoms with van der Waals surface area (Å²) in [6.07, 6.45) is 0. The van der Waals surface area contributed by atoms with Gasteiger partial charge in [0.25, 0.3) is 5.91 Å². The smallest absolute Gasteiger partial charge is 0.323 e. The molecular formula is C8H9N3O5. The zero-order chi connectivity index (χ0) is 12.3. The molecule has 0 aliphatic heterocycles. The first-order chi connectivity index (χ1) is 7.41. The summed E-state index contributed by atoms with van der Waals surface area (Å²) in [7, 11) is 1.29. The Labute approximate surface area is 89.6 Å². The van der Waals surface area contributed by atoms with E-state index >= 15 is 0 Å². The molecule has 8 nitrogen and oxygen atoms in total. The Morgan fingerprint density at radius 1 is 1.56 bits per heavy atom. The van der Waals surface area contributed by atoms with E-state index in [1.54, 1.807) is 0 Å². The fraction of sp³-hybridized carbons (Fsp3) is 0.250. The molecule has 16 heavy (non-hydrogen) atoms. The lowest BCUT2D eigenvalue weighted by Crippen LogP contribution is -2.32. The number of nitrogens with one attached hydrogen (secondary N) is 1. The fourth-order valence-corrected chi connectivity index (χ4v) is 1.10. The Kier molecular flexibility index (Phi) is 3.24. The van der Waals surface area contributed by atoms with Crippen LogP contribution in [0.3, 0.4) is 0 Å². The van der Waals surface area contributed by atoms with Gasteiger partial charge in [0, 0.05) is 13.1 Å². The van der Waals surface area contributed by atoms with E-state index < -0.39 is 23.3 Å². The van der Waals surface area contributed by atoms with Crippen LogP contribution in [-0.4, -0.2) is 45.4 Å². The normalized spacial score (nSPS) is 9.81. The third-order valence-electron chi connectivity index (χ3n) is 1.82. The number of nitro groups is 1. The summed E-state index contributed by atoms with van der Waals surface area (Å²) in [5.74, 6) is -2.08. The van der Waals surface area contributed by atoms with E-state index in [1.165, 1.54) is 13.1 Å². The van der Waals surface area contributed by atoms with Crippen LogP contribution in [0.4, 0.5) is 5.82 Å². The number of rotatable bonds is 4. The van der Waals surface area contributed by atoms with Gasteiger partial charge in [0.2, 0.25) is 0 Å². The van der Waals surface area contributed by atoms with Crippen molar-refractivity contribution in [2.45, 2.75) is 0 Å². The van der Waals surface area contributed by atoms with Crippen molar-refractivity contribution in [2.24, 2.45) is 0 Å². The van der Waals surface area contributed by atoms with Gasteiger partial charge in [-0.15, -0.1) is 0 Å². The molecule has 0 spiro atoms. The number of carbonyl (C=O) groups excluding carboxylic acids is 1. The third kappa shape index (κ3) is 2.56. The van der Waals surface area contributed by atoms with Crippen LogP contribution >= 0.6 is 0 Å². The molecule has 2 N–H and O–H groups in total. The summed E-state index contributed by atoms with van der Waals surface area (Å²) in [5, 5.41) is 18.8. The Morgan fingerprint density at radius 2 is 2.19 bits per heavy atom. The van der Waals surface area contributed by atoms with Crippen LogP contribution < -0.4 is 0 Å². The number of aromatic amines is 1. The molecule has 1 amide bonds. The molecule has 0 bridgehead atoms. The van der Waals surface area contributed by atoms with Crippen molar-refractivity contribution in [3.05, 3.63) is 27.9 Å². The molecule has 0 fully saturated rings. The maximum Gasteiger partial charge on any atom is 0.323 e. The van der Waals surface area contributed by atoms with Gasteiger partial charge in [-0.05, 0) is 11.0 Å². The molecule has 0 saturated carbocycles. The molecule has 1 rings (SSSR count). The Hall–Kier alpha value is -2.38. The van der Waals surface area contributed by atoms with Crippen molar-refractivity contribution in [1.82, 2.24) is 9.88 Å². The molecule has 0 aromatic carbocycles. The highest BCUT2D eigenvalue weighted by Crippen LogP contribution is 2.11. The maximum atomic E-state index is 11.5. The molecular weight excluding hydrogens is 218 g/mol. The first-order valence-corrected chi connectivity index (χ1v) is 4.22. The van der Waals surface area contributed by atoms with E-state index in [1.807, 2.05) is 0 Å². The number of H-pyrrole nitrogens is 1. The van der Waals surface area contributed by atoms with E-state index in [-0.39, 0.29) is 11.5 Å². The van der Waals surface area contributed by atoms with Gasteiger partial charge in [0.05, 0.1) is 0 Å². The lowest BCUT2D eigenvalue weighted by Gasteiger charge is -2.11. The average Bonchev–Trinajstić information content (AvgIpc) is 2.64. The van der Waals surface area contributed by atoms with Crippen molar-refractivity contribution in [1.29, 1.82) is 0 Å². The molecule has 0 atom stereocenters. The van der Waals surface area contributed by atoms with Gasteiger partial charge in [-0.1, -0.05) is 0 Å². The number of carboxylic acids is 1. The van der Waals surface area contributed by atoms with Crippen LogP contribution in [0.1, 0.15) is 10.5 Å². The van der Waals surface area contributed by atoms with Crippen LogP contribution in [0.5, 0.6) is 0 Å². The van der Waals surface area contributed by atoms with Gasteiger partial charge in [0.15, 0.2) is 5.69 Å². The molecule has 0 unspecified atom stereocenters. The van der Waals surface area contributed by atoms with Crippen LogP contribution in [0.25, 0.3) is 0 Å². The minimum Gasteiger partial charge on any atom is -0.480 e. The number of amides is 1. The largest absolute Gasteiger partial charge is 0.480 e. The fourth-order valence-electron chi connectivity index (χ4n) is 1.10. The number of aliphatic carboxylic acids is 1. The van der Waals surface area contributed by atoms with Crippen molar-refractivity contribution in [3.63, 3.8) is 0 Å². The number of hydrogen-bond acceptors (Lipinski definition) is 4. The highest BCUT2D eigenvalue weighted by molar-refractivity contribution is 5.94. The van der Waals surface area contributed by atoms with E-state index in [9.17, 15) is 19.7 Å². The van der Waals surface area contributed by atoms with Gasteiger partial charge in [-0.2, -0.15) is 0 Å². The Morgan fingerprint density at radius 3 is 2.62 bits per heavy atom. The molecule has 0 radical (unpaired) electrons. The van der Waals surface area contributed by atoms with Gasteiger partial charge in [0.1, 0.15) is 6.54 Å². The van der Waals surface area contributed by atoms with Crippen molar-refractivity contribution in [3.8, 4) is 0 Å². The Bertz CT molecular complexity index is 439. The number of hydrogen-bond donors (Lipinski definition) is 2. The SMILES string of the molecule is CN(CC(=O)O)C(=O)c1ccc([N+](=O)[O-])[nH]1. The van der Waals surface area contributed by atoms with Crippen molar-refractivity contribution in [2.75, 3.05) is 13.6 Å². The molecule has 0 aliphatic carbocycles. The molecule has 1 aromatic heterocycles. The lowest BCUT2D eigenvalue weighted by atomic mass is 10.4. The van der Waals surface area contributed by atoms with Gasteiger partial charge < -0.3 is 20.1 Å². The maximum absolute atomic E-state index is 11.5. The van der Waals surface area contributed by atoms with Crippen LogP contribution in [0, 0.1) is 10.1 Å². The monoisotopic (exact) mass is 227 g/mol. The van der Waals surface area contributed by atoms with Gasteiger partial charge in [-0.25, -0.2) is 4.98 Å². The van der Waals surface area contributed by atoms with E-state index in [4.69, 9.17) is 5.11 Å². The minimum absolute atomic E-state index is 0.0181. The summed E-state index contributed by atoms with van der Waals surface area (Å²) in [6.45, 7) is -0.467. The van der Waals surface area contributed by atoms with E-state index in [2.05, 4.69) is 4.98 Å². The number of carboxylic acid groups (broad SMARTS) is 1. The second-order valence-corrected chi connectivity index (χ2v) is 3.07. The zero-order valence-corrected chi connectivity index (χ0v) is 8.34. The van der Waals surface area contributed by atoms with Gasteiger partial charge in [-0.3, -0.25) is 9.59 Å². The molecule has 0 saturated heterocycles. The van der Waals surface area contributed by atoms with Crippen molar-refractivity contribution >= 4 is 17.7 Å². The molecule has 1 heterocycles. The standard InChI is InChI=1S/C8H9N3O5/c1-10(4-7(12)13)8(14)5-2-3-6(9-5)11(15)16/h2-3,9H,4H2,1H3,(H,12,13). The molecule has 8 heteroatoms. The zero-order valence-electron chi connectivity index (χ0n) is 8.34. The summed E-state index contributed by atoms with van der Waals surface area (Å²) in [5.41, 5.74) is -0.0181. The predicted octanol–water partition coefficient (Wildman–Crippen LogP) is 0.0795. The number of aromatic nitrogens is 1. The van der Waals surface area contributed by atoms with Crippen LogP contribution in [-0.2, 0) is 4.79 Å². The second kappa shape index (κ2) is 4.43. The predicted molar refractivity (Wildman–Crippen MR) is 52.0 cm³/mol. The summed E-state index contributed by atoms with van der Waals surface area (Å²) in [6, 6.07) is 2.38. The lowest BCUT2D eigenvalue weighted by molar-refractivity contribution is -0.389.